The molecule has 0 amide bonds. The molecule has 0 fully saturated rings. The molecule has 1 unspecified atom stereocenters. The van der Waals surface area contributed by atoms with Crippen molar-refractivity contribution in [3.05, 3.63) is 83.4 Å². The monoisotopic (exact) mass is 331 g/mol. The average molecular weight is 332 g/mol. The van der Waals surface area contributed by atoms with Crippen molar-refractivity contribution in [2.24, 2.45) is 0 Å². The molecular formula is C20H14ClN3. The van der Waals surface area contributed by atoms with Gasteiger partial charge in [0.1, 0.15) is 12.0 Å². The Morgan fingerprint density at radius 1 is 0.875 bits per heavy atom. The Hall–Kier alpha value is -2.78. The summed E-state index contributed by atoms with van der Waals surface area (Å²) in [6, 6.07) is 24.5. The lowest BCUT2D eigenvalue weighted by molar-refractivity contribution is 0.669. The van der Waals surface area contributed by atoms with Gasteiger partial charge < -0.3 is 5.32 Å². The van der Waals surface area contributed by atoms with Crippen LogP contribution in [-0.2, 0) is 0 Å². The van der Waals surface area contributed by atoms with Gasteiger partial charge in [0.05, 0.1) is 11.0 Å². The van der Waals surface area contributed by atoms with Crippen LogP contribution in [0.3, 0.4) is 0 Å². The summed E-state index contributed by atoms with van der Waals surface area (Å²) in [5, 5.41) is 4.39. The van der Waals surface area contributed by atoms with Gasteiger partial charge in [-0.1, -0.05) is 48.0 Å². The number of para-hydroxylation sites is 3. The summed E-state index contributed by atoms with van der Waals surface area (Å²) in [7, 11) is 0. The van der Waals surface area contributed by atoms with Gasteiger partial charge in [0.15, 0.2) is 0 Å². The molecule has 0 aliphatic carbocycles. The summed E-state index contributed by atoms with van der Waals surface area (Å²) in [5.41, 5.74) is 5.50. The number of hydrogen-bond acceptors (Lipinski definition) is 2. The molecule has 0 saturated carbocycles. The third kappa shape index (κ3) is 1.95. The number of fused-ring (bicyclic) bond motifs is 5. The molecule has 24 heavy (non-hydrogen) atoms. The van der Waals surface area contributed by atoms with Crippen molar-refractivity contribution in [1.29, 1.82) is 0 Å². The second kappa shape index (κ2) is 5.11. The van der Waals surface area contributed by atoms with Crippen LogP contribution < -0.4 is 5.32 Å². The van der Waals surface area contributed by atoms with Crippen molar-refractivity contribution in [3.8, 4) is 11.4 Å². The number of rotatable bonds is 1. The number of aromatic nitrogens is 2. The summed E-state index contributed by atoms with van der Waals surface area (Å²) < 4.78 is 2.26. The van der Waals surface area contributed by atoms with Gasteiger partial charge in [-0.25, -0.2) is 4.98 Å². The molecule has 0 saturated heterocycles. The van der Waals surface area contributed by atoms with Crippen LogP contribution >= 0.6 is 11.6 Å². The summed E-state index contributed by atoms with van der Waals surface area (Å²) in [6.45, 7) is 0. The molecule has 1 aromatic heterocycles. The molecule has 1 aliphatic rings. The lowest BCUT2D eigenvalue weighted by atomic mass is 10.1. The van der Waals surface area contributed by atoms with Gasteiger partial charge in [0.2, 0.25) is 0 Å². The van der Waals surface area contributed by atoms with Crippen LogP contribution in [0.1, 0.15) is 11.7 Å². The Bertz CT molecular complexity index is 1050. The topological polar surface area (TPSA) is 29.9 Å². The molecule has 116 valence electrons. The first kappa shape index (κ1) is 13.6. The Labute approximate surface area is 144 Å². The van der Waals surface area contributed by atoms with Crippen molar-refractivity contribution < 1.29 is 0 Å². The lowest BCUT2D eigenvalue weighted by Gasteiger charge is -2.30. The summed E-state index contributed by atoms with van der Waals surface area (Å²) >= 11 is 6.07. The number of anilines is 1. The second-order valence-corrected chi connectivity index (χ2v) is 6.37. The molecule has 0 bridgehead atoms. The molecule has 2 heterocycles. The largest absolute Gasteiger partial charge is 0.361 e. The minimum atomic E-state index is -0.0143. The van der Waals surface area contributed by atoms with E-state index in [0.717, 1.165) is 38.7 Å². The molecule has 4 aromatic rings. The van der Waals surface area contributed by atoms with E-state index in [1.807, 2.05) is 30.3 Å². The van der Waals surface area contributed by atoms with Gasteiger partial charge in [0.25, 0.3) is 0 Å². The highest BCUT2D eigenvalue weighted by atomic mass is 35.5. The SMILES string of the molecule is Clc1ccc(C2Nc3ccccc3-c3nc4ccccc4n32)cc1. The number of nitrogens with zero attached hydrogens (tertiary/aromatic N) is 2. The maximum atomic E-state index is 6.07. The zero-order valence-electron chi connectivity index (χ0n) is 12.8. The van der Waals surface area contributed by atoms with E-state index in [1.54, 1.807) is 0 Å². The highest BCUT2D eigenvalue weighted by Crippen LogP contribution is 2.40. The van der Waals surface area contributed by atoms with Gasteiger partial charge in [-0.05, 0) is 42.0 Å². The summed E-state index contributed by atoms with van der Waals surface area (Å²) in [5.74, 6) is 0.991. The zero-order chi connectivity index (χ0) is 16.1. The maximum Gasteiger partial charge on any atom is 0.145 e. The quantitative estimate of drug-likeness (QED) is 0.511. The van der Waals surface area contributed by atoms with Crippen LogP contribution in [-0.4, -0.2) is 9.55 Å². The van der Waals surface area contributed by atoms with Crippen molar-refractivity contribution in [1.82, 2.24) is 9.55 Å². The molecule has 0 radical (unpaired) electrons. The number of hydrogen-bond donors (Lipinski definition) is 1. The lowest BCUT2D eigenvalue weighted by Crippen LogP contribution is -2.24. The van der Waals surface area contributed by atoms with Gasteiger partial charge >= 0.3 is 0 Å². The van der Waals surface area contributed by atoms with E-state index in [4.69, 9.17) is 16.6 Å². The van der Waals surface area contributed by atoms with E-state index in [-0.39, 0.29) is 6.17 Å². The Morgan fingerprint density at radius 2 is 1.62 bits per heavy atom. The van der Waals surface area contributed by atoms with Crippen LogP contribution in [0.2, 0.25) is 5.02 Å². The fourth-order valence-corrected chi connectivity index (χ4v) is 3.52. The van der Waals surface area contributed by atoms with Crippen LogP contribution in [0.25, 0.3) is 22.4 Å². The summed E-state index contributed by atoms with van der Waals surface area (Å²) in [4.78, 5) is 4.88. The summed E-state index contributed by atoms with van der Waals surface area (Å²) in [6.07, 6.45) is -0.0143. The highest BCUT2D eigenvalue weighted by Gasteiger charge is 2.27. The van der Waals surface area contributed by atoms with Gasteiger partial charge in [-0.15, -0.1) is 0 Å². The highest BCUT2D eigenvalue weighted by molar-refractivity contribution is 6.30. The molecule has 3 nitrogen and oxygen atoms in total. The average Bonchev–Trinajstić information content (AvgIpc) is 3.02. The molecule has 4 heteroatoms. The maximum absolute atomic E-state index is 6.07. The normalized spacial score (nSPS) is 15.6. The first-order valence-corrected chi connectivity index (χ1v) is 8.27. The Morgan fingerprint density at radius 3 is 2.50 bits per heavy atom. The van der Waals surface area contributed by atoms with E-state index in [2.05, 4.69) is 52.3 Å². The molecule has 1 N–H and O–H groups in total. The van der Waals surface area contributed by atoms with Crippen molar-refractivity contribution in [2.45, 2.75) is 6.17 Å². The fourth-order valence-electron chi connectivity index (χ4n) is 3.39. The predicted molar refractivity (Wildman–Crippen MR) is 98.4 cm³/mol. The van der Waals surface area contributed by atoms with E-state index >= 15 is 0 Å². The molecular weight excluding hydrogens is 318 g/mol. The number of nitrogens with one attached hydrogen (secondary N) is 1. The number of benzene rings is 3. The minimum absolute atomic E-state index is 0.0143. The van der Waals surface area contributed by atoms with E-state index in [0.29, 0.717) is 0 Å². The standard InChI is InChI=1S/C20H14ClN3/c21-14-11-9-13(10-12-14)19-22-16-6-2-1-5-15(16)20-23-17-7-3-4-8-18(17)24(19)20/h1-12,19,22H. The number of halogens is 1. The van der Waals surface area contributed by atoms with E-state index in [1.165, 1.54) is 0 Å². The van der Waals surface area contributed by atoms with Crippen molar-refractivity contribution in [3.63, 3.8) is 0 Å². The third-order valence-corrected chi connectivity index (χ3v) is 4.75. The molecule has 0 spiro atoms. The number of imidazole rings is 1. The van der Waals surface area contributed by atoms with Gasteiger partial charge in [0, 0.05) is 16.3 Å². The van der Waals surface area contributed by atoms with Crippen LogP contribution in [0.4, 0.5) is 5.69 Å². The van der Waals surface area contributed by atoms with Crippen LogP contribution in [0, 0.1) is 0 Å². The third-order valence-electron chi connectivity index (χ3n) is 4.50. The molecule has 3 aromatic carbocycles. The van der Waals surface area contributed by atoms with Gasteiger partial charge in [-0.3, -0.25) is 4.57 Å². The minimum Gasteiger partial charge on any atom is -0.361 e. The second-order valence-electron chi connectivity index (χ2n) is 5.94. The molecule has 1 aliphatic heterocycles. The first-order valence-electron chi connectivity index (χ1n) is 7.90. The smallest absolute Gasteiger partial charge is 0.145 e. The molecule has 1 atom stereocenters. The van der Waals surface area contributed by atoms with E-state index < -0.39 is 0 Å². The zero-order valence-corrected chi connectivity index (χ0v) is 13.5. The van der Waals surface area contributed by atoms with E-state index in [9.17, 15) is 0 Å². The Balaban J connectivity index is 1.81. The van der Waals surface area contributed by atoms with Crippen LogP contribution in [0.5, 0.6) is 0 Å². The fraction of sp³-hybridized carbons (Fsp3) is 0.0500. The Kier molecular flexibility index (Phi) is 2.91. The van der Waals surface area contributed by atoms with Crippen molar-refractivity contribution in [2.75, 3.05) is 5.32 Å². The molecule has 5 rings (SSSR count). The predicted octanol–water partition coefficient (Wildman–Crippen LogP) is 5.33. The van der Waals surface area contributed by atoms with Crippen molar-refractivity contribution >= 4 is 28.3 Å². The first-order chi connectivity index (χ1) is 11.8. The van der Waals surface area contributed by atoms with Crippen LogP contribution in [0.15, 0.2) is 72.8 Å². The van der Waals surface area contributed by atoms with Gasteiger partial charge in [-0.2, -0.15) is 0 Å².